The van der Waals surface area contributed by atoms with Gasteiger partial charge in [0.25, 0.3) is 0 Å². The third kappa shape index (κ3) is 6.16. The Morgan fingerprint density at radius 1 is 0.542 bits per heavy atom. The van der Waals surface area contributed by atoms with E-state index in [0.29, 0.717) is 11.8 Å². The molecule has 0 heterocycles. The van der Waals surface area contributed by atoms with Crippen LogP contribution in [0.5, 0.6) is 0 Å². The molecule has 1 fully saturated rings. The molecule has 8 rings (SSSR count). The standard InChI is InChI=1S/C44H40Cl2P2/c45-39-29-31-17-13-15-27-37(31)41(43(39)47(33-19-5-1-6-20-33)34-21-7-2-8-22-34)42-38-28-16-14-18-32(38)30-40(46)44(42)48(35-23-9-3-10-24-35)36-25-11-4-12-26-36/h1-12,19-26,29-31,37H,13-18,27-28H2. The second kappa shape index (κ2) is 14.5. The Morgan fingerprint density at radius 3 is 1.60 bits per heavy atom. The predicted molar refractivity (Wildman–Crippen MR) is 212 cm³/mol. The van der Waals surface area contributed by atoms with Gasteiger partial charge in [-0.05, 0) is 116 Å². The summed E-state index contributed by atoms with van der Waals surface area (Å²) in [7, 11) is -1.86. The summed E-state index contributed by atoms with van der Waals surface area (Å²) in [5.74, 6) is 0.861. The maximum atomic E-state index is 7.72. The normalized spacial score (nSPS) is 19.2. The monoisotopic (exact) mass is 700 g/mol. The second-order valence-corrected chi connectivity index (χ2v) is 18.4. The van der Waals surface area contributed by atoms with Gasteiger partial charge in [-0.3, -0.25) is 0 Å². The van der Waals surface area contributed by atoms with E-state index >= 15 is 0 Å². The van der Waals surface area contributed by atoms with Crippen LogP contribution in [0, 0.1) is 11.8 Å². The highest BCUT2D eigenvalue weighted by Crippen LogP contribution is 2.60. The van der Waals surface area contributed by atoms with Crippen LogP contribution in [0.25, 0.3) is 5.57 Å². The van der Waals surface area contributed by atoms with E-state index in [1.807, 2.05) is 0 Å². The Morgan fingerprint density at radius 2 is 1.04 bits per heavy atom. The first kappa shape index (κ1) is 32.2. The van der Waals surface area contributed by atoms with E-state index in [1.54, 1.807) is 0 Å². The van der Waals surface area contributed by atoms with Crippen molar-refractivity contribution in [2.45, 2.75) is 51.4 Å². The number of rotatable bonds is 7. The first-order valence-corrected chi connectivity index (χ1v) is 20.9. The fraction of sp³-hybridized carbons (Fsp3) is 0.227. The Balaban J connectivity index is 1.51. The summed E-state index contributed by atoms with van der Waals surface area (Å²) in [5, 5.41) is 9.90. The van der Waals surface area contributed by atoms with Gasteiger partial charge in [-0.15, -0.1) is 0 Å². The number of fused-ring (bicyclic) bond motifs is 2. The zero-order valence-corrected chi connectivity index (χ0v) is 30.5. The van der Waals surface area contributed by atoms with E-state index < -0.39 is 15.8 Å². The van der Waals surface area contributed by atoms with Gasteiger partial charge >= 0.3 is 0 Å². The lowest BCUT2D eigenvalue weighted by atomic mass is 9.69. The van der Waals surface area contributed by atoms with Crippen molar-refractivity contribution in [2.24, 2.45) is 11.8 Å². The molecule has 1 saturated carbocycles. The molecule has 3 aliphatic carbocycles. The van der Waals surface area contributed by atoms with Gasteiger partial charge in [0.1, 0.15) is 0 Å². The van der Waals surface area contributed by atoms with Gasteiger partial charge in [0.15, 0.2) is 0 Å². The highest BCUT2D eigenvalue weighted by atomic mass is 35.5. The molecule has 0 amide bonds. The fourth-order valence-electron chi connectivity index (χ4n) is 8.31. The summed E-state index contributed by atoms with van der Waals surface area (Å²) < 4.78 is 0. The van der Waals surface area contributed by atoms with E-state index in [1.165, 1.54) is 92.6 Å². The molecule has 5 aromatic rings. The molecule has 0 bridgehead atoms. The smallest absolute Gasteiger partial charge is 0.0498 e. The van der Waals surface area contributed by atoms with Gasteiger partial charge in [-0.2, -0.15) is 0 Å². The molecular weight excluding hydrogens is 661 g/mol. The van der Waals surface area contributed by atoms with E-state index in [-0.39, 0.29) is 0 Å². The second-order valence-electron chi connectivity index (χ2n) is 13.3. The first-order chi connectivity index (χ1) is 23.7. The van der Waals surface area contributed by atoms with E-state index in [0.717, 1.165) is 22.9 Å². The largest absolute Gasteiger partial charge is 0.0839 e. The molecule has 0 aliphatic heterocycles. The van der Waals surface area contributed by atoms with Crippen LogP contribution in [-0.2, 0) is 12.8 Å². The zero-order valence-electron chi connectivity index (χ0n) is 27.2. The lowest BCUT2D eigenvalue weighted by molar-refractivity contribution is 0.343. The molecule has 5 aromatic carbocycles. The van der Waals surface area contributed by atoms with Crippen LogP contribution < -0.4 is 26.5 Å². The molecule has 48 heavy (non-hydrogen) atoms. The van der Waals surface area contributed by atoms with Crippen molar-refractivity contribution in [3.05, 3.63) is 166 Å². The molecule has 0 radical (unpaired) electrons. The molecule has 4 heteroatoms. The minimum atomic E-state index is -0.935. The summed E-state index contributed by atoms with van der Waals surface area (Å²) in [6.45, 7) is 0. The Labute approximate surface area is 298 Å². The highest BCUT2D eigenvalue weighted by Gasteiger charge is 2.41. The molecule has 2 atom stereocenters. The van der Waals surface area contributed by atoms with Crippen molar-refractivity contribution in [2.75, 3.05) is 0 Å². The lowest BCUT2D eigenvalue weighted by Gasteiger charge is -2.41. The summed E-state index contributed by atoms with van der Waals surface area (Å²) in [5.41, 5.74) is 5.91. The van der Waals surface area contributed by atoms with Crippen molar-refractivity contribution in [1.29, 1.82) is 0 Å². The van der Waals surface area contributed by atoms with Crippen LogP contribution in [-0.4, -0.2) is 0 Å². The third-order valence-corrected chi connectivity index (χ3v) is 16.4. The summed E-state index contributed by atoms with van der Waals surface area (Å²) >= 11 is 15.4. The number of benzene rings is 5. The maximum Gasteiger partial charge on any atom is 0.0498 e. The quantitative estimate of drug-likeness (QED) is 0.148. The number of halogens is 2. The fourth-order valence-corrected chi connectivity index (χ4v) is 14.4. The molecule has 240 valence electrons. The average molecular weight is 702 g/mol. The third-order valence-electron chi connectivity index (χ3n) is 10.4. The topological polar surface area (TPSA) is 0 Å². The Bertz CT molecular complexity index is 1870. The van der Waals surface area contributed by atoms with Crippen molar-refractivity contribution < 1.29 is 0 Å². The van der Waals surface area contributed by atoms with Crippen molar-refractivity contribution in [1.82, 2.24) is 0 Å². The number of hydrogen-bond acceptors (Lipinski definition) is 0. The van der Waals surface area contributed by atoms with Gasteiger partial charge in [0, 0.05) is 20.7 Å². The van der Waals surface area contributed by atoms with Gasteiger partial charge in [0.2, 0.25) is 0 Å². The van der Waals surface area contributed by atoms with E-state index in [2.05, 4.69) is 133 Å². The minimum absolute atomic E-state index is 0.417. The first-order valence-electron chi connectivity index (χ1n) is 17.5. The minimum Gasteiger partial charge on any atom is -0.0839 e. The summed E-state index contributed by atoms with van der Waals surface area (Å²) in [4.78, 5) is 0. The molecule has 0 saturated heterocycles. The van der Waals surface area contributed by atoms with Crippen LogP contribution in [0.1, 0.15) is 55.2 Å². The summed E-state index contributed by atoms with van der Waals surface area (Å²) in [6.07, 6.45) is 11.9. The van der Waals surface area contributed by atoms with Crippen LogP contribution in [0.4, 0.5) is 0 Å². The number of hydrogen-bond donors (Lipinski definition) is 0. The van der Waals surface area contributed by atoms with Gasteiger partial charge < -0.3 is 0 Å². The van der Waals surface area contributed by atoms with Gasteiger partial charge in [-0.1, -0.05) is 163 Å². The Hall–Kier alpha value is -2.98. The lowest BCUT2D eigenvalue weighted by Crippen LogP contribution is -2.32. The van der Waals surface area contributed by atoms with E-state index in [4.69, 9.17) is 23.2 Å². The van der Waals surface area contributed by atoms with Crippen LogP contribution >= 0.6 is 39.0 Å². The molecule has 0 aromatic heterocycles. The number of aryl methyl sites for hydroxylation is 1. The van der Waals surface area contributed by atoms with Crippen LogP contribution in [0.3, 0.4) is 0 Å². The average Bonchev–Trinajstić information content (AvgIpc) is 3.14. The zero-order chi connectivity index (χ0) is 32.5. The van der Waals surface area contributed by atoms with Crippen molar-refractivity contribution in [3.8, 4) is 0 Å². The van der Waals surface area contributed by atoms with Gasteiger partial charge in [-0.25, -0.2) is 0 Å². The highest BCUT2D eigenvalue weighted by molar-refractivity contribution is 7.80. The number of allylic oxidation sites excluding steroid dienone is 4. The molecular formula is C44H40Cl2P2. The van der Waals surface area contributed by atoms with Crippen LogP contribution in [0.15, 0.2) is 144 Å². The SMILES string of the molecule is ClC1=CC2CCCCC2C(c2c3c(cc(Cl)c2P(c2ccccc2)c2ccccc2)CCCC3)=C1P(c1ccccc1)c1ccccc1. The Kier molecular flexibility index (Phi) is 9.72. The molecule has 0 spiro atoms. The molecule has 0 N–H and O–H groups in total. The van der Waals surface area contributed by atoms with Crippen molar-refractivity contribution in [3.63, 3.8) is 0 Å². The predicted octanol–water partition coefficient (Wildman–Crippen LogP) is 10.8. The van der Waals surface area contributed by atoms with E-state index in [9.17, 15) is 0 Å². The molecule has 3 aliphatic rings. The summed E-state index contributed by atoms with van der Waals surface area (Å²) in [6, 6.07) is 46.9. The molecule has 2 unspecified atom stereocenters. The van der Waals surface area contributed by atoms with Crippen molar-refractivity contribution >= 4 is 71.1 Å². The van der Waals surface area contributed by atoms with Gasteiger partial charge in [0.05, 0.1) is 0 Å². The molecule has 0 nitrogen and oxygen atoms in total. The van der Waals surface area contributed by atoms with Crippen LogP contribution in [0.2, 0.25) is 5.02 Å². The maximum absolute atomic E-state index is 7.72.